The lowest BCUT2D eigenvalue weighted by molar-refractivity contribution is -0.131. The maximum atomic E-state index is 12.1. The third-order valence-corrected chi connectivity index (χ3v) is 3.81. The van der Waals surface area contributed by atoms with Crippen LogP contribution in [0.3, 0.4) is 0 Å². The highest BCUT2D eigenvalue weighted by atomic mass is 16.3. The summed E-state index contributed by atoms with van der Waals surface area (Å²) < 4.78 is 0. The molecular formula is C17H28N4O3. The standard InChI is InChI=1S/C17H28N4O3/c1-12(13-8-4-3-5-9-13)21-16(23)15(22)14(18)10-6-7-11-20-17(24)19-2/h3-5,8-9,12,14-15,22H,6-7,10-11,18H2,1-2H3,(H,21,23)(H2,19,20,24)/t12-,14+,15+/m1/s1. The Morgan fingerprint density at radius 3 is 2.50 bits per heavy atom. The van der Waals surface area contributed by atoms with Gasteiger partial charge in [0.15, 0.2) is 0 Å². The molecule has 0 fully saturated rings. The fourth-order valence-electron chi connectivity index (χ4n) is 2.27. The molecule has 134 valence electrons. The van der Waals surface area contributed by atoms with Gasteiger partial charge in [0.25, 0.3) is 5.91 Å². The summed E-state index contributed by atoms with van der Waals surface area (Å²) in [6, 6.07) is 8.47. The molecule has 0 saturated carbocycles. The second-order valence-corrected chi connectivity index (χ2v) is 5.75. The van der Waals surface area contributed by atoms with Crippen LogP contribution >= 0.6 is 0 Å². The highest BCUT2D eigenvalue weighted by Gasteiger charge is 2.23. The van der Waals surface area contributed by atoms with Gasteiger partial charge in [0.05, 0.1) is 6.04 Å². The molecule has 3 amide bonds. The smallest absolute Gasteiger partial charge is 0.314 e. The second-order valence-electron chi connectivity index (χ2n) is 5.75. The zero-order valence-electron chi connectivity index (χ0n) is 14.3. The first-order chi connectivity index (χ1) is 11.5. The van der Waals surface area contributed by atoms with Crippen LogP contribution in [0.5, 0.6) is 0 Å². The van der Waals surface area contributed by atoms with Crippen LogP contribution < -0.4 is 21.7 Å². The maximum Gasteiger partial charge on any atom is 0.314 e. The Balaban J connectivity index is 2.30. The van der Waals surface area contributed by atoms with Crippen molar-refractivity contribution in [1.29, 1.82) is 0 Å². The first-order valence-electron chi connectivity index (χ1n) is 8.20. The fourth-order valence-corrected chi connectivity index (χ4v) is 2.27. The highest BCUT2D eigenvalue weighted by molar-refractivity contribution is 5.81. The zero-order valence-corrected chi connectivity index (χ0v) is 14.3. The minimum Gasteiger partial charge on any atom is -0.382 e. The first-order valence-corrected chi connectivity index (χ1v) is 8.20. The van der Waals surface area contributed by atoms with Gasteiger partial charge in [-0.25, -0.2) is 4.79 Å². The molecule has 1 aromatic rings. The first kappa shape index (κ1) is 19.9. The van der Waals surface area contributed by atoms with Crippen LogP contribution in [0.4, 0.5) is 4.79 Å². The van der Waals surface area contributed by atoms with Crippen molar-refractivity contribution in [3.05, 3.63) is 35.9 Å². The SMILES string of the molecule is CNC(=O)NCCCC[C@H](N)[C@H](O)C(=O)N[C@H](C)c1ccccc1. The van der Waals surface area contributed by atoms with E-state index in [1.807, 2.05) is 37.3 Å². The van der Waals surface area contributed by atoms with Crippen molar-refractivity contribution >= 4 is 11.9 Å². The van der Waals surface area contributed by atoms with Crippen LogP contribution in [0.2, 0.25) is 0 Å². The van der Waals surface area contributed by atoms with Crippen LogP contribution in [0.15, 0.2) is 30.3 Å². The highest BCUT2D eigenvalue weighted by Crippen LogP contribution is 2.12. The van der Waals surface area contributed by atoms with Crippen LogP contribution in [0, 0.1) is 0 Å². The van der Waals surface area contributed by atoms with Gasteiger partial charge in [0.1, 0.15) is 6.10 Å². The lowest BCUT2D eigenvalue weighted by Crippen LogP contribution is -2.47. The molecule has 0 aliphatic rings. The molecule has 0 bridgehead atoms. The number of rotatable bonds is 9. The number of aliphatic hydroxyl groups excluding tert-OH is 1. The number of aliphatic hydroxyl groups is 1. The molecular weight excluding hydrogens is 308 g/mol. The molecule has 7 heteroatoms. The second kappa shape index (κ2) is 10.6. The predicted octanol–water partition coefficient (Wildman–Crippen LogP) is 0.651. The molecule has 7 nitrogen and oxygen atoms in total. The number of unbranched alkanes of at least 4 members (excludes halogenated alkanes) is 1. The maximum absolute atomic E-state index is 12.1. The summed E-state index contributed by atoms with van der Waals surface area (Å²) in [7, 11) is 1.55. The minimum atomic E-state index is -1.25. The number of amides is 3. The van der Waals surface area contributed by atoms with Crippen LogP contribution in [-0.2, 0) is 4.79 Å². The van der Waals surface area contributed by atoms with Gasteiger partial charge in [-0.15, -0.1) is 0 Å². The van der Waals surface area contributed by atoms with Gasteiger partial charge in [-0.05, 0) is 25.3 Å². The Morgan fingerprint density at radius 1 is 1.21 bits per heavy atom. The third-order valence-electron chi connectivity index (χ3n) is 3.81. The molecule has 0 aliphatic heterocycles. The van der Waals surface area contributed by atoms with Crippen molar-refractivity contribution in [2.75, 3.05) is 13.6 Å². The molecule has 3 atom stereocenters. The van der Waals surface area contributed by atoms with Gasteiger partial charge < -0.3 is 26.8 Å². The van der Waals surface area contributed by atoms with Crippen LogP contribution in [0.1, 0.15) is 37.8 Å². The van der Waals surface area contributed by atoms with E-state index in [0.29, 0.717) is 19.4 Å². The predicted molar refractivity (Wildman–Crippen MR) is 93.3 cm³/mol. The van der Waals surface area contributed by atoms with E-state index < -0.39 is 18.1 Å². The van der Waals surface area contributed by atoms with E-state index in [4.69, 9.17) is 5.73 Å². The molecule has 0 spiro atoms. The Morgan fingerprint density at radius 2 is 1.88 bits per heavy atom. The number of carbonyl (C=O) groups excluding carboxylic acids is 2. The average Bonchev–Trinajstić information content (AvgIpc) is 2.60. The van der Waals surface area contributed by atoms with E-state index in [0.717, 1.165) is 12.0 Å². The fraction of sp³-hybridized carbons (Fsp3) is 0.529. The number of carbonyl (C=O) groups is 2. The van der Waals surface area contributed by atoms with Crippen LogP contribution in [-0.4, -0.2) is 42.8 Å². The van der Waals surface area contributed by atoms with E-state index >= 15 is 0 Å². The van der Waals surface area contributed by atoms with Gasteiger partial charge in [-0.1, -0.05) is 36.8 Å². The van der Waals surface area contributed by atoms with Gasteiger partial charge in [0, 0.05) is 19.6 Å². The van der Waals surface area contributed by atoms with Crippen molar-refractivity contribution in [2.45, 2.75) is 44.4 Å². The van der Waals surface area contributed by atoms with Gasteiger partial charge in [0.2, 0.25) is 0 Å². The van der Waals surface area contributed by atoms with E-state index in [9.17, 15) is 14.7 Å². The van der Waals surface area contributed by atoms with Gasteiger partial charge in [-0.3, -0.25) is 4.79 Å². The van der Waals surface area contributed by atoms with E-state index in [1.165, 1.54) is 0 Å². The van der Waals surface area contributed by atoms with Crippen molar-refractivity contribution in [2.24, 2.45) is 5.73 Å². The molecule has 0 aliphatic carbocycles. The lowest BCUT2D eigenvalue weighted by atomic mass is 10.0. The lowest BCUT2D eigenvalue weighted by Gasteiger charge is -2.21. The zero-order chi connectivity index (χ0) is 17.9. The van der Waals surface area contributed by atoms with E-state index in [-0.39, 0.29) is 12.1 Å². The normalized spacial score (nSPS) is 14.3. The number of urea groups is 1. The largest absolute Gasteiger partial charge is 0.382 e. The number of benzene rings is 1. The molecule has 6 N–H and O–H groups in total. The Labute approximate surface area is 143 Å². The van der Waals surface area contributed by atoms with E-state index in [1.54, 1.807) is 7.05 Å². The summed E-state index contributed by atoms with van der Waals surface area (Å²) in [6.07, 6.45) is 0.701. The Hall–Kier alpha value is -2.12. The Bertz CT molecular complexity index is 510. The number of hydrogen-bond donors (Lipinski definition) is 5. The van der Waals surface area contributed by atoms with Crippen molar-refractivity contribution in [3.8, 4) is 0 Å². The van der Waals surface area contributed by atoms with Crippen molar-refractivity contribution < 1.29 is 14.7 Å². The third kappa shape index (κ3) is 6.97. The topological polar surface area (TPSA) is 116 Å². The monoisotopic (exact) mass is 336 g/mol. The minimum absolute atomic E-state index is 0.197. The number of nitrogens with one attached hydrogen (secondary N) is 3. The molecule has 0 unspecified atom stereocenters. The summed E-state index contributed by atoms with van der Waals surface area (Å²) in [5, 5.41) is 17.9. The molecule has 0 heterocycles. The summed E-state index contributed by atoms with van der Waals surface area (Å²) in [5.74, 6) is -0.470. The molecule has 1 rings (SSSR count). The summed E-state index contributed by atoms with van der Waals surface area (Å²) >= 11 is 0. The van der Waals surface area contributed by atoms with Gasteiger partial charge in [-0.2, -0.15) is 0 Å². The summed E-state index contributed by atoms with van der Waals surface area (Å²) in [4.78, 5) is 23.1. The molecule has 0 radical (unpaired) electrons. The van der Waals surface area contributed by atoms with Crippen molar-refractivity contribution in [1.82, 2.24) is 16.0 Å². The quantitative estimate of drug-likeness (QED) is 0.426. The molecule has 1 aromatic carbocycles. The molecule has 0 aromatic heterocycles. The molecule has 24 heavy (non-hydrogen) atoms. The van der Waals surface area contributed by atoms with E-state index in [2.05, 4.69) is 16.0 Å². The average molecular weight is 336 g/mol. The number of hydrogen-bond acceptors (Lipinski definition) is 4. The summed E-state index contributed by atoms with van der Waals surface area (Å²) in [5.41, 5.74) is 6.85. The van der Waals surface area contributed by atoms with Crippen LogP contribution in [0.25, 0.3) is 0 Å². The number of nitrogens with two attached hydrogens (primary N) is 1. The van der Waals surface area contributed by atoms with Gasteiger partial charge >= 0.3 is 6.03 Å². The molecule has 0 saturated heterocycles. The summed E-state index contributed by atoms with van der Waals surface area (Å²) in [6.45, 7) is 2.38. The Kier molecular flexibility index (Phi) is 8.81. The van der Waals surface area contributed by atoms with Crippen molar-refractivity contribution in [3.63, 3.8) is 0 Å².